The highest BCUT2D eigenvalue weighted by Gasteiger charge is 2.25. The van der Waals surface area contributed by atoms with Crippen molar-refractivity contribution in [3.05, 3.63) is 47.7 Å². The molecule has 10 heteroatoms. The number of hydrogen-bond donors (Lipinski definition) is 0. The number of carbonyl (C=O) groups is 1. The number of methoxy groups -OCH3 is 1. The number of fused-ring (bicyclic) bond motifs is 2. The number of halogens is 1. The zero-order valence-electron chi connectivity index (χ0n) is 18.8. The standard InChI is InChI=1S/C24H23FN5O2PS/c1-4-17(31)29-7-9-30(10-8-29)23-15-11-13(2)18(21(33)19(15)27-24(28-23)32-3)14-5-6-16(25)22-20(14)26-12-34-22/h4-6,11-12H,1,7-10,33H2,2-3H3. The van der Waals surface area contributed by atoms with E-state index >= 15 is 0 Å². The number of piperazine rings is 1. The van der Waals surface area contributed by atoms with E-state index < -0.39 is 0 Å². The summed E-state index contributed by atoms with van der Waals surface area (Å²) in [4.78, 5) is 29.7. The highest BCUT2D eigenvalue weighted by atomic mass is 32.1. The van der Waals surface area contributed by atoms with Crippen molar-refractivity contribution in [3.63, 3.8) is 0 Å². The van der Waals surface area contributed by atoms with Crippen LogP contribution in [-0.4, -0.2) is 59.0 Å². The second-order valence-electron chi connectivity index (χ2n) is 8.05. The summed E-state index contributed by atoms with van der Waals surface area (Å²) in [5, 5.41) is 1.77. The molecule has 0 spiro atoms. The summed E-state index contributed by atoms with van der Waals surface area (Å²) in [6.07, 6.45) is 1.35. The molecule has 1 unspecified atom stereocenters. The lowest BCUT2D eigenvalue weighted by Crippen LogP contribution is -2.48. The van der Waals surface area contributed by atoms with Gasteiger partial charge in [-0.15, -0.1) is 20.6 Å². The number of anilines is 1. The number of hydrogen-bond acceptors (Lipinski definition) is 7. The Labute approximate surface area is 202 Å². The minimum atomic E-state index is -0.273. The Balaban J connectivity index is 1.66. The fraction of sp³-hybridized carbons (Fsp3) is 0.250. The highest BCUT2D eigenvalue weighted by Crippen LogP contribution is 2.37. The Hall–Kier alpha value is -3.16. The summed E-state index contributed by atoms with van der Waals surface area (Å²) < 4.78 is 20.3. The third-order valence-corrected chi connectivity index (χ3v) is 7.53. The molecule has 0 bridgehead atoms. The molecule has 7 nitrogen and oxygen atoms in total. The first-order chi connectivity index (χ1) is 16.4. The normalized spacial score (nSPS) is 14.1. The van der Waals surface area contributed by atoms with E-state index in [-0.39, 0.29) is 17.7 Å². The van der Waals surface area contributed by atoms with Crippen LogP contribution in [0.4, 0.5) is 10.2 Å². The summed E-state index contributed by atoms with van der Waals surface area (Å²) in [6, 6.07) is 5.59. The van der Waals surface area contributed by atoms with Crippen molar-refractivity contribution in [2.75, 3.05) is 38.2 Å². The fourth-order valence-electron chi connectivity index (χ4n) is 4.47. The van der Waals surface area contributed by atoms with Gasteiger partial charge in [-0.2, -0.15) is 9.97 Å². The van der Waals surface area contributed by atoms with E-state index in [1.54, 1.807) is 23.6 Å². The molecule has 34 heavy (non-hydrogen) atoms. The van der Waals surface area contributed by atoms with E-state index in [1.807, 2.05) is 6.92 Å². The molecule has 2 aromatic heterocycles. The molecule has 1 fully saturated rings. The second-order valence-corrected chi connectivity index (χ2v) is 9.49. The molecule has 4 aromatic rings. The molecule has 1 atom stereocenters. The molecule has 3 heterocycles. The molecule has 0 radical (unpaired) electrons. The second kappa shape index (κ2) is 8.89. The van der Waals surface area contributed by atoms with Crippen molar-refractivity contribution >= 4 is 58.7 Å². The van der Waals surface area contributed by atoms with Gasteiger partial charge in [0.05, 0.1) is 28.4 Å². The molecule has 0 saturated carbocycles. The Morgan fingerprint density at radius 2 is 2.00 bits per heavy atom. The molecule has 1 aliphatic heterocycles. The zero-order chi connectivity index (χ0) is 24.0. The fourth-order valence-corrected chi connectivity index (χ4v) is 5.79. The third kappa shape index (κ3) is 3.69. The number of carbonyl (C=O) groups excluding carboxylic acids is 1. The van der Waals surface area contributed by atoms with E-state index in [0.29, 0.717) is 36.4 Å². The highest BCUT2D eigenvalue weighted by molar-refractivity contribution is 7.29. The first-order valence-corrected chi connectivity index (χ1v) is 12.2. The van der Waals surface area contributed by atoms with Crippen molar-refractivity contribution < 1.29 is 13.9 Å². The van der Waals surface area contributed by atoms with Crippen LogP contribution in [0.5, 0.6) is 6.01 Å². The average Bonchev–Trinajstić information content (AvgIpc) is 3.36. The van der Waals surface area contributed by atoms with Crippen LogP contribution in [-0.2, 0) is 4.79 Å². The number of thiazole rings is 1. The molecule has 5 rings (SSSR count). The number of rotatable bonds is 4. The van der Waals surface area contributed by atoms with Gasteiger partial charge in [0.2, 0.25) is 5.91 Å². The largest absolute Gasteiger partial charge is 0.467 e. The van der Waals surface area contributed by atoms with Crippen molar-refractivity contribution in [2.24, 2.45) is 0 Å². The Kier molecular flexibility index (Phi) is 5.91. The number of aromatic nitrogens is 3. The van der Waals surface area contributed by atoms with Crippen molar-refractivity contribution in [1.29, 1.82) is 0 Å². The van der Waals surface area contributed by atoms with Gasteiger partial charge in [-0.05, 0) is 42.3 Å². The lowest BCUT2D eigenvalue weighted by molar-refractivity contribution is -0.126. The molecule has 1 saturated heterocycles. The van der Waals surface area contributed by atoms with Crippen LogP contribution in [0.15, 0.2) is 36.4 Å². The van der Waals surface area contributed by atoms with Crippen LogP contribution in [0.3, 0.4) is 0 Å². The first-order valence-electron chi connectivity index (χ1n) is 10.8. The monoisotopic (exact) mass is 495 g/mol. The van der Waals surface area contributed by atoms with Crippen LogP contribution in [0, 0.1) is 12.7 Å². The number of amides is 1. The van der Waals surface area contributed by atoms with Crippen LogP contribution in [0.1, 0.15) is 5.56 Å². The molecule has 2 aromatic carbocycles. The maximum absolute atomic E-state index is 14.3. The number of ether oxygens (including phenoxy) is 1. The Morgan fingerprint density at radius 3 is 2.71 bits per heavy atom. The summed E-state index contributed by atoms with van der Waals surface area (Å²) in [5.41, 5.74) is 5.86. The van der Waals surface area contributed by atoms with Gasteiger partial charge in [-0.1, -0.05) is 6.58 Å². The first kappa shape index (κ1) is 22.6. The number of benzene rings is 2. The molecule has 1 aliphatic rings. The lowest BCUT2D eigenvalue weighted by Gasteiger charge is -2.35. The minimum absolute atomic E-state index is 0.0647. The molecule has 0 N–H and O–H groups in total. The van der Waals surface area contributed by atoms with Crippen LogP contribution in [0.25, 0.3) is 32.2 Å². The van der Waals surface area contributed by atoms with E-state index in [9.17, 15) is 9.18 Å². The van der Waals surface area contributed by atoms with Crippen molar-refractivity contribution in [1.82, 2.24) is 19.9 Å². The maximum Gasteiger partial charge on any atom is 0.318 e. The SMILES string of the molecule is C=CC(=O)N1CCN(c2nc(OC)nc3c(P)c(-c4ccc(F)c5scnc45)c(C)cc23)CC1. The number of nitrogens with zero attached hydrogens (tertiary/aromatic N) is 5. The van der Waals surface area contributed by atoms with Gasteiger partial charge in [0, 0.05) is 42.4 Å². The minimum Gasteiger partial charge on any atom is -0.467 e. The molecular formula is C24H23FN5O2PS. The quantitative estimate of drug-likeness (QED) is 0.318. The van der Waals surface area contributed by atoms with Crippen LogP contribution >= 0.6 is 20.6 Å². The van der Waals surface area contributed by atoms with Crippen molar-refractivity contribution in [2.45, 2.75) is 6.92 Å². The van der Waals surface area contributed by atoms with Crippen LogP contribution < -0.4 is 14.9 Å². The van der Waals surface area contributed by atoms with Gasteiger partial charge in [0.1, 0.15) is 11.6 Å². The topological polar surface area (TPSA) is 71.5 Å². The molecular weight excluding hydrogens is 472 g/mol. The lowest BCUT2D eigenvalue weighted by atomic mass is 9.97. The van der Waals surface area contributed by atoms with Gasteiger partial charge >= 0.3 is 6.01 Å². The van der Waals surface area contributed by atoms with E-state index in [4.69, 9.17) is 4.74 Å². The van der Waals surface area contributed by atoms with Crippen LogP contribution in [0.2, 0.25) is 0 Å². The summed E-state index contributed by atoms with van der Waals surface area (Å²) in [7, 11) is 4.34. The molecule has 1 amide bonds. The summed E-state index contributed by atoms with van der Waals surface area (Å²) in [5.74, 6) is 0.430. The Morgan fingerprint density at radius 1 is 1.24 bits per heavy atom. The third-order valence-electron chi connectivity index (χ3n) is 6.14. The summed E-state index contributed by atoms with van der Waals surface area (Å²) in [6.45, 7) is 8.05. The predicted octanol–water partition coefficient (Wildman–Crippen LogP) is 3.70. The summed E-state index contributed by atoms with van der Waals surface area (Å²) >= 11 is 1.29. The van der Waals surface area contributed by atoms with E-state index in [2.05, 4.69) is 41.7 Å². The molecule has 0 aliphatic carbocycles. The van der Waals surface area contributed by atoms with Crippen molar-refractivity contribution in [3.8, 4) is 17.1 Å². The van der Waals surface area contributed by atoms with E-state index in [1.165, 1.54) is 23.5 Å². The predicted molar refractivity (Wildman–Crippen MR) is 138 cm³/mol. The van der Waals surface area contributed by atoms with Gasteiger partial charge in [-0.25, -0.2) is 9.37 Å². The Bertz CT molecular complexity index is 1450. The smallest absolute Gasteiger partial charge is 0.318 e. The molecule has 174 valence electrons. The van der Waals surface area contributed by atoms with Gasteiger partial charge in [0.15, 0.2) is 0 Å². The average molecular weight is 496 g/mol. The maximum atomic E-state index is 14.3. The van der Waals surface area contributed by atoms with Gasteiger partial charge < -0.3 is 14.5 Å². The zero-order valence-corrected chi connectivity index (χ0v) is 20.8. The van der Waals surface area contributed by atoms with Gasteiger partial charge in [-0.3, -0.25) is 4.79 Å². The van der Waals surface area contributed by atoms with E-state index in [0.717, 1.165) is 38.7 Å². The van der Waals surface area contributed by atoms with Gasteiger partial charge in [0.25, 0.3) is 0 Å². The number of aryl methyl sites for hydroxylation is 1.